The highest BCUT2D eigenvalue weighted by Gasteiger charge is 2.24. The quantitative estimate of drug-likeness (QED) is 0.646. The van der Waals surface area contributed by atoms with E-state index in [1.807, 2.05) is 44.2 Å². The lowest BCUT2D eigenvalue weighted by Crippen LogP contribution is -2.31. The Balaban J connectivity index is 1.49. The van der Waals surface area contributed by atoms with Gasteiger partial charge in [-0.1, -0.05) is 13.0 Å². The molecular weight excluding hydrogens is 358 g/mol. The molecule has 3 heterocycles. The van der Waals surface area contributed by atoms with Gasteiger partial charge in [-0.2, -0.15) is 0 Å². The summed E-state index contributed by atoms with van der Waals surface area (Å²) in [5, 5.41) is 0.976. The van der Waals surface area contributed by atoms with Gasteiger partial charge in [-0.15, -0.1) is 0 Å². The molecule has 28 heavy (non-hydrogen) atoms. The van der Waals surface area contributed by atoms with Gasteiger partial charge in [0.05, 0.1) is 5.56 Å². The highest BCUT2D eigenvalue weighted by atomic mass is 16.7. The molecule has 2 aromatic carbocycles. The average Bonchev–Trinajstić information content (AvgIpc) is 3.16. The van der Waals surface area contributed by atoms with Gasteiger partial charge in [0.25, 0.3) is 0 Å². The van der Waals surface area contributed by atoms with Crippen LogP contribution in [0, 0.1) is 6.92 Å². The van der Waals surface area contributed by atoms with Gasteiger partial charge < -0.3 is 18.6 Å². The van der Waals surface area contributed by atoms with Crippen LogP contribution in [0.2, 0.25) is 0 Å². The molecule has 0 fully saturated rings. The molecule has 0 atom stereocenters. The predicted molar refractivity (Wildman–Crippen MR) is 104 cm³/mol. The normalized spacial score (nSPS) is 15.5. The van der Waals surface area contributed by atoms with Crippen molar-refractivity contribution in [2.75, 3.05) is 13.5 Å². The molecule has 0 radical (unpaired) electrons. The van der Waals surface area contributed by atoms with Crippen molar-refractivity contribution in [3.63, 3.8) is 0 Å². The molecule has 0 N–H and O–H groups in total. The standard InChI is InChI=1S/C22H21NO5/c1-3-15-13(2)16-5-7-18-17(21(16)28-22(15)24)10-23(11-25-18)9-14-4-6-19-20(8-14)27-12-26-19/h4-8H,3,9-12H2,1-2H3. The maximum atomic E-state index is 12.4. The minimum absolute atomic E-state index is 0.256. The third-order valence-corrected chi connectivity index (χ3v) is 5.50. The SMILES string of the molecule is CCc1c(C)c2ccc3c(c2oc1=O)CN(Cc1ccc2c(c1)OCO2)CO3. The van der Waals surface area contributed by atoms with Crippen LogP contribution in [0.5, 0.6) is 17.2 Å². The number of benzene rings is 2. The van der Waals surface area contributed by atoms with Crippen molar-refractivity contribution >= 4 is 11.0 Å². The summed E-state index contributed by atoms with van der Waals surface area (Å²) in [6.45, 7) is 6.04. The van der Waals surface area contributed by atoms with Crippen LogP contribution in [0.4, 0.5) is 0 Å². The zero-order chi connectivity index (χ0) is 19.3. The van der Waals surface area contributed by atoms with E-state index in [1.165, 1.54) is 0 Å². The van der Waals surface area contributed by atoms with E-state index in [1.54, 1.807) is 0 Å². The molecule has 5 rings (SSSR count). The number of hydrogen-bond acceptors (Lipinski definition) is 6. The second-order valence-electron chi connectivity index (χ2n) is 7.21. The molecule has 0 unspecified atom stereocenters. The Morgan fingerprint density at radius 1 is 1.04 bits per heavy atom. The summed E-state index contributed by atoms with van der Waals surface area (Å²) in [4.78, 5) is 14.6. The first-order valence-corrected chi connectivity index (χ1v) is 9.46. The Labute approximate surface area is 162 Å². The summed E-state index contributed by atoms with van der Waals surface area (Å²) in [7, 11) is 0. The topological polar surface area (TPSA) is 61.1 Å². The summed E-state index contributed by atoms with van der Waals surface area (Å²) >= 11 is 0. The molecule has 2 aliphatic rings. The van der Waals surface area contributed by atoms with Crippen LogP contribution in [0.25, 0.3) is 11.0 Å². The monoisotopic (exact) mass is 379 g/mol. The zero-order valence-electron chi connectivity index (χ0n) is 15.9. The summed E-state index contributed by atoms with van der Waals surface area (Å²) in [5.74, 6) is 2.33. The average molecular weight is 379 g/mol. The molecule has 1 aromatic heterocycles. The van der Waals surface area contributed by atoms with Crippen molar-refractivity contribution in [1.82, 2.24) is 4.90 Å². The van der Waals surface area contributed by atoms with Crippen LogP contribution in [0.15, 0.2) is 39.5 Å². The molecule has 6 nitrogen and oxygen atoms in total. The van der Waals surface area contributed by atoms with E-state index in [2.05, 4.69) is 4.90 Å². The summed E-state index contributed by atoms with van der Waals surface area (Å²) in [5.41, 5.74) is 4.14. The molecule has 0 aliphatic carbocycles. The maximum Gasteiger partial charge on any atom is 0.339 e. The minimum Gasteiger partial charge on any atom is -0.478 e. The zero-order valence-corrected chi connectivity index (χ0v) is 15.9. The lowest BCUT2D eigenvalue weighted by atomic mass is 10.0. The molecule has 6 heteroatoms. The van der Waals surface area contributed by atoms with Crippen LogP contribution in [0.3, 0.4) is 0 Å². The molecule has 0 saturated heterocycles. The minimum atomic E-state index is -0.256. The third-order valence-electron chi connectivity index (χ3n) is 5.50. The fraction of sp³-hybridized carbons (Fsp3) is 0.318. The van der Waals surface area contributed by atoms with Gasteiger partial charge in [0, 0.05) is 24.0 Å². The number of nitrogens with zero attached hydrogens (tertiary/aromatic N) is 1. The molecule has 0 spiro atoms. The molecule has 3 aromatic rings. The first kappa shape index (κ1) is 17.1. The van der Waals surface area contributed by atoms with Gasteiger partial charge in [-0.25, -0.2) is 4.79 Å². The molecule has 0 amide bonds. The first-order chi connectivity index (χ1) is 13.6. The molecule has 0 saturated carbocycles. The highest BCUT2D eigenvalue weighted by molar-refractivity contribution is 5.86. The van der Waals surface area contributed by atoms with E-state index >= 15 is 0 Å². The van der Waals surface area contributed by atoms with Crippen molar-refractivity contribution in [1.29, 1.82) is 0 Å². The molecular formula is C22H21NO5. The number of hydrogen-bond donors (Lipinski definition) is 0. The van der Waals surface area contributed by atoms with E-state index in [9.17, 15) is 4.79 Å². The van der Waals surface area contributed by atoms with E-state index in [-0.39, 0.29) is 12.4 Å². The second-order valence-corrected chi connectivity index (χ2v) is 7.21. The van der Waals surface area contributed by atoms with Crippen molar-refractivity contribution in [2.24, 2.45) is 0 Å². The Kier molecular flexibility index (Phi) is 4.02. The van der Waals surface area contributed by atoms with E-state index < -0.39 is 0 Å². The van der Waals surface area contributed by atoms with E-state index in [0.29, 0.717) is 31.8 Å². The third kappa shape index (κ3) is 2.72. The Morgan fingerprint density at radius 2 is 1.86 bits per heavy atom. The van der Waals surface area contributed by atoms with Crippen molar-refractivity contribution in [3.05, 3.63) is 63.0 Å². The molecule has 144 valence electrons. The maximum absolute atomic E-state index is 12.4. The van der Waals surface area contributed by atoms with Crippen molar-refractivity contribution in [3.8, 4) is 17.2 Å². The van der Waals surface area contributed by atoms with Crippen molar-refractivity contribution < 1.29 is 18.6 Å². The van der Waals surface area contributed by atoms with Gasteiger partial charge in [0.1, 0.15) is 18.1 Å². The summed E-state index contributed by atoms with van der Waals surface area (Å²) < 4.78 is 22.5. The van der Waals surface area contributed by atoms with E-state index in [0.717, 1.165) is 44.9 Å². The Morgan fingerprint density at radius 3 is 2.71 bits per heavy atom. The number of ether oxygens (including phenoxy) is 3. The number of fused-ring (bicyclic) bond motifs is 4. The lowest BCUT2D eigenvalue weighted by molar-refractivity contribution is 0.0889. The van der Waals surface area contributed by atoms with Crippen LogP contribution < -0.4 is 19.8 Å². The van der Waals surface area contributed by atoms with E-state index in [4.69, 9.17) is 18.6 Å². The Hall–Kier alpha value is -2.99. The second kappa shape index (κ2) is 6.56. The lowest BCUT2D eigenvalue weighted by Gasteiger charge is -2.29. The fourth-order valence-corrected chi connectivity index (χ4v) is 4.02. The van der Waals surface area contributed by atoms with Crippen molar-refractivity contribution in [2.45, 2.75) is 33.4 Å². The summed E-state index contributed by atoms with van der Waals surface area (Å²) in [6.07, 6.45) is 0.661. The van der Waals surface area contributed by atoms with Gasteiger partial charge in [0.15, 0.2) is 11.5 Å². The van der Waals surface area contributed by atoms with Crippen LogP contribution in [-0.4, -0.2) is 18.4 Å². The van der Waals surface area contributed by atoms with Crippen LogP contribution in [0.1, 0.15) is 29.2 Å². The highest BCUT2D eigenvalue weighted by Crippen LogP contribution is 2.36. The number of aryl methyl sites for hydroxylation is 1. The molecule has 2 aliphatic heterocycles. The smallest absolute Gasteiger partial charge is 0.339 e. The molecule has 0 bridgehead atoms. The van der Waals surface area contributed by atoms with Gasteiger partial charge >= 0.3 is 5.63 Å². The van der Waals surface area contributed by atoms with Crippen LogP contribution >= 0.6 is 0 Å². The summed E-state index contributed by atoms with van der Waals surface area (Å²) in [6, 6.07) is 9.92. The van der Waals surface area contributed by atoms with Crippen LogP contribution in [-0.2, 0) is 19.5 Å². The largest absolute Gasteiger partial charge is 0.478 e. The Bertz CT molecular complexity index is 1130. The first-order valence-electron chi connectivity index (χ1n) is 9.46. The predicted octanol–water partition coefficient (Wildman–Crippen LogP) is 3.74. The van der Waals surface area contributed by atoms with Gasteiger partial charge in [-0.3, -0.25) is 4.90 Å². The fourth-order valence-electron chi connectivity index (χ4n) is 4.02. The number of rotatable bonds is 3. The van der Waals surface area contributed by atoms with Gasteiger partial charge in [-0.05, 0) is 48.7 Å². The van der Waals surface area contributed by atoms with Gasteiger partial charge in [0.2, 0.25) is 6.79 Å².